The van der Waals surface area contributed by atoms with Crippen molar-refractivity contribution in [3.05, 3.63) is 0 Å². The van der Waals surface area contributed by atoms with Crippen molar-refractivity contribution in [3.8, 4) is 0 Å². The Bertz CT molecular complexity index is 149. The van der Waals surface area contributed by atoms with Gasteiger partial charge in [0.25, 0.3) is 0 Å². The molecule has 0 radical (unpaired) electrons. The van der Waals surface area contributed by atoms with Crippen LogP contribution in [0.3, 0.4) is 0 Å². The van der Waals surface area contributed by atoms with Gasteiger partial charge >= 0.3 is 0 Å². The number of aliphatic hydroxyl groups excluding tert-OH is 2. The standard InChI is InChI=1S/C11H22O3/c1-14-8-10(12)7-9-5-3-2-4-6-11(9)13/h9-13H,2-8H2,1H3. The van der Waals surface area contributed by atoms with Crippen LogP contribution in [0.5, 0.6) is 0 Å². The van der Waals surface area contributed by atoms with E-state index in [1.54, 1.807) is 7.11 Å². The minimum atomic E-state index is -0.419. The third-order valence-corrected chi connectivity index (χ3v) is 3.05. The van der Waals surface area contributed by atoms with Gasteiger partial charge in [-0.15, -0.1) is 0 Å². The number of methoxy groups -OCH3 is 1. The summed E-state index contributed by atoms with van der Waals surface area (Å²) in [6, 6.07) is 0. The molecule has 2 N–H and O–H groups in total. The average molecular weight is 202 g/mol. The minimum absolute atomic E-state index is 0.219. The summed E-state index contributed by atoms with van der Waals surface area (Å²) in [5, 5.41) is 19.4. The third kappa shape index (κ3) is 3.95. The molecule has 3 heteroatoms. The van der Waals surface area contributed by atoms with Crippen LogP contribution in [-0.4, -0.2) is 36.1 Å². The molecule has 0 spiro atoms. The van der Waals surface area contributed by atoms with Crippen LogP contribution in [0, 0.1) is 5.92 Å². The number of aliphatic hydroxyl groups is 2. The summed E-state index contributed by atoms with van der Waals surface area (Å²) in [6.45, 7) is 0.378. The molecule has 1 rings (SSSR count). The van der Waals surface area contributed by atoms with Gasteiger partial charge in [-0.25, -0.2) is 0 Å². The molecule has 0 heterocycles. The molecule has 0 bridgehead atoms. The van der Waals surface area contributed by atoms with Crippen LogP contribution >= 0.6 is 0 Å². The first-order valence-corrected chi connectivity index (χ1v) is 5.59. The molecule has 1 fully saturated rings. The van der Waals surface area contributed by atoms with E-state index < -0.39 is 6.10 Å². The highest BCUT2D eigenvalue weighted by Gasteiger charge is 2.23. The first-order valence-electron chi connectivity index (χ1n) is 5.59. The first-order chi connectivity index (χ1) is 6.74. The molecule has 1 aliphatic carbocycles. The van der Waals surface area contributed by atoms with Crippen LogP contribution < -0.4 is 0 Å². The highest BCUT2D eigenvalue weighted by molar-refractivity contribution is 4.75. The summed E-state index contributed by atoms with van der Waals surface area (Å²) in [4.78, 5) is 0. The Morgan fingerprint density at radius 1 is 1.29 bits per heavy atom. The zero-order valence-electron chi connectivity index (χ0n) is 8.98. The monoisotopic (exact) mass is 202 g/mol. The number of ether oxygens (including phenoxy) is 1. The maximum atomic E-state index is 9.81. The van der Waals surface area contributed by atoms with E-state index in [1.165, 1.54) is 12.8 Å². The van der Waals surface area contributed by atoms with Crippen molar-refractivity contribution in [2.75, 3.05) is 13.7 Å². The molecule has 0 aliphatic heterocycles. The van der Waals surface area contributed by atoms with Crippen molar-refractivity contribution in [2.24, 2.45) is 5.92 Å². The van der Waals surface area contributed by atoms with E-state index in [4.69, 9.17) is 4.74 Å². The molecule has 0 saturated heterocycles. The predicted octanol–water partition coefficient (Wildman–Crippen LogP) is 1.32. The van der Waals surface area contributed by atoms with Gasteiger partial charge < -0.3 is 14.9 Å². The Kier molecular flexibility index (Phi) is 5.45. The summed E-state index contributed by atoms with van der Waals surface area (Å²) < 4.78 is 4.88. The van der Waals surface area contributed by atoms with Gasteiger partial charge in [-0.2, -0.15) is 0 Å². The zero-order chi connectivity index (χ0) is 10.4. The van der Waals surface area contributed by atoms with Crippen LogP contribution in [0.4, 0.5) is 0 Å². The highest BCUT2D eigenvalue weighted by atomic mass is 16.5. The molecule has 1 aliphatic rings. The molecule has 0 aromatic heterocycles. The Hall–Kier alpha value is -0.120. The molecule has 0 aromatic rings. The molecule has 3 atom stereocenters. The van der Waals surface area contributed by atoms with Crippen LogP contribution in [0.1, 0.15) is 38.5 Å². The van der Waals surface area contributed by atoms with Crippen LogP contribution in [-0.2, 0) is 4.74 Å². The lowest BCUT2D eigenvalue weighted by atomic mass is 9.91. The zero-order valence-corrected chi connectivity index (χ0v) is 8.98. The normalized spacial score (nSPS) is 31.1. The Balaban J connectivity index is 2.32. The topological polar surface area (TPSA) is 49.7 Å². The van der Waals surface area contributed by atoms with Crippen molar-refractivity contribution in [1.29, 1.82) is 0 Å². The second-order valence-corrected chi connectivity index (χ2v) is 4.31. The average Bonchev–Trinajstić information content (AvgIpc) is 2.33. The van der Waals surface area contributed by atoms with Crippen LogP contribution in [0.25, 0.3) is 0 Å². The van der Waals surface area contributed by atoms with Gasteiger partial charge in [0.1, 0.15) is 0 Å². The Morgan fingerprint density at radius 2 is 2.00 bits per heavy atom. The van der Waals surface area contributed by atoms with E-state index in [0.717, 1.165) is 19.3 Å². The largest absolute Gasteiger partial charge is 0.393 e. The first kappa shape index (κ1) is 12.0. The van der Waals surface area contributed by atoms with Gasteiger partial charge in [-0.1, -0.05) is 19.3 Å². The van der Waals surface area contributed by atoms with E-state index in [2.05, 4.69) is 0 Å². The van der Waals surface area contributed by atoms with E-state index in [9.17, 15) is 10.2 Å². The molecular weight excluding hydrogens is 180 g/mol. The van der Waals surface area contributed by atoms with E-state index >= 15 is 0 Å². The minimum Gasteiger partial charge on any atom is -0.393 e. The smallest absolute Gasteiger partial charge is 0.0777 e. The summed E-state index contributed by atoms with van der Waals surface area (Å²) >= 11 is 0. The van der Waals surface area contributed by atoms with Gasteiger partial charge in [0.15, 0.2) is 0 Å². The lowest BCUT2D eigenvalue weighted by molar-refractivity contribution is 0.0183. The summed E-state index contributed by atoms with van der Waals surface area (Å²) in [5.74, 6) is 0.266. The third-order valence-electron chi connectivity index (χ3n) is 3.05. The fraction of sp³-hybridized carbons (Fsp3) is 1.00. The van der Waals surface area contributed by atoms with Crippen molar-refractivity contribution >= 4 is 0 Å². The molecular formula is C11H22O3. The second-order valence-electron chi connectivity index (χ2n) is 4.31. The lowest BCUT2D eigenvalue weighted by Crippen LogP contribution is -2.26. The molecule has 0 amide bonds. The molecule has 14 heavy (non-hydrogen) atoms. The Morgan fingerprint density at radius 3 is 2.71 bits per heavy atom. The van der Waals surface area contributed by atoms with Gasteiger partial charge in [0.05, 0.1) is 18.8 Å². The summed E-state index contributed by atoms with van der Waals surface area (Å²) in [7, 11) is 1.59. The van der Waals surface area contributed by atoms with Gasteiger partial charge in [-0.05, 0) is 25.2 Å². The highest BCUT2D eigenvalue weighted by Crippen LogP contribution is 2.26. The van der Waals surface area contributed by atoms with Gasteiger partial charge in [0, 0.05) is 7.11 Å². The maximum Gasteiger partial charge on any atom is 0.0777 e. The maximum absolute atomic E-state index is 9.81. The number of hydrogen-bond acceptors (Lipinski definition) is 3. The van der Waals surface area contributed by atoms with Crippen LogP contribution in [0.15, 0.2) is 0 Å². The fourth-order valence-corrected chi connectivity index (χ4v) is 2.25. The molecule has 1 saturated carbocycles. The molecule has 84 valence electrons. The Labute approximate surface area is 86.1 Å². The quantitative estimate of drug-likeness (QED) is 0.676. The van der Waals surface area contributed by atoms with Gasteiger partial charge in [-0.3, -0.25) is 0 Å². The SMILES string of the molecule is COCC(O)CC1CCCCCC1O. The van der Waals surface area contributed by atoms with Crippen LogP contribution in [0.2, 0.25) is 0 Å². The fourth-order valence-electron chi connectivity index (χ4n) is 2.25. The van der Waals surface area contributed by atoms with Gasteiger partial charge in [0.2, 0.25) is 0 Å². The van der Waals surface area contributed by atoms with Crippen molar-refractivity contribution < 1.29 is 14.9 Å². The molecule has 0 aromatic carbocycles. The predicted molar refractivity (Wildman–Crippen MR) is 55.1 cm³/mol. The van der Waals surface area contributed by atoms with E-state index in [-0.39, 0.29) is 12.0 Å². The van der Waals surface area contributed by atoms with E-state index in [0.29, 0.717) is 13.0 Å². The van der Waals surface area contributed by atoms with Crippen molar-refractivity contribution in [1.82, 2.24) is 0 Å². The second kappa shape index (κ2) is 6.38. The number of hydrogen-bond donors (Lipinski definition) is 2. The molecule has 3 nitrogen and oxygen atoms in total. The molecule has 3 unspecified atom stereocenters. The van der Waals surface area contributed by atoms with Crippen molar-refractivity contribution in [2.45, 2.75) is 50.7 Å². The number of rotatable bonds is 4. The van der Waals surface area contributed by atoms with Crippen molar-refractivity contribution in [3.63, 3.8) is 0 Å². The summed E-state index contributed by atoms with van der Waals surface area (Å²) in [5.41, 5.74) is 0. The van der Waals surface area contributed by atoms with E-state index in [1.807, 2.05) is 0 Å². The summed E-state index contributed by atoms with van der Waals surface area (Å²) in [6.07, 6.45) is 5.50. The lowest BCUT2D eigenvalue weighted by Gasteiger charge is -2.22.